The van der Waals surface area contributed by atoms with Gasteiger partial charge in [-0.05, 0) is 45.7 Å². The predicted molar refractivity (Wildman–Crippen MR) is 92.3 cm³/mol. The topological polar surface area (TPSA) is 58.6 Å². The van der Waals surface area contributed by atoms with Gasteiger partial charge in [0, 0.05) is 25.2 Å². The van der Waals surface area contributed by atoms with Crippen LogP contribution in [0.25, 0.3) is 0 Å². The van der Waals surface area contributed by atoms with E-state index in [-0.39, 0.29) is 5.54 Å². The van der Waals surface area contributed by atoms with Crippen molar-refractivity contribution < 1.29 is 13.2 Å². The lowest BCUT2D eigenvalue weighted by Gasteiger charge is -2.40. The summed E-state index contributed by atoms with van der Waals surface area (Å²) in [6, 6.07) is 3.82. The molecule has 1 aromatic rings. The molecule has 1 aliphatic rings. The minimum atomic E-state index is -3.52. The summed E-state index contributed by atoms with van der Waals surface area (Å²) in [7, 11) is -3.52. The maximum atomic E-state index is 12.8. The number of nitrogens with one attached hydrogen (secondary N) is 1. The normalized spacial score (nSPS) is 17.4. The highest BCUT2D eigenvalue weighted by atomic mass is 32.2. The second kappa shape index (κ2) is 6.89. The second-order valence-corrected chi connectivity index (χ2v) is 8.67. The monoisotopic (exact) mass is 340 g/mol. The number of aryl methyl sites for hydroxylation is 3. The van der Waals surface area contributed by atoms with Gasteiger partial charge >= 0.3 is 0 Å². The van der Waals surface area contributed by atoms with E-state index in [0.717, 1.165) is 29.8 Å². The van der Waals surface area contributed by atoms with Crippen molar-refractivity contribution in [3.8, 4) is 0 Å². The molecule has 1 heterocycles. The zero-order valence-electron chi connectivity index (χ0n) is 14.8. The third-order valence-corrected chi connectivity index (χ3v) is 6.14. The highest BCUT2D eigenvalue weighted by Crippen LogP contribution is 2.22. The Balaban J connectivity index is 2.15. The molecule has 130 valence electrons. The number of hydrogen-bond acceptors (Lipinski definition) is 4. The van der Waals surface area contributed by atoms with Gasteiger partial charge < -0.3 is 4.74 Å². The molecular formula is C17H28N2O3S. The Kier molecular flexibility index (Phi) is 5.51. The average Bonchev–Trinajstić information content (AvgIpc) is 2.45. The van der Waals surface area contributed by atoms with E-state index < -0.39 is 10.0 Å². The van der Waals surface area contributed by atoms with E-state index in [1.807, 2.05) is 32.9 Å². The second-order valence-electron chi connectivity index (χ2n) is 6.96. The lowest BCUT2D eigenvalue weighted by atomic mass is 10.0. The van der Waals surface area contributed by atoms with Crippen molar-refractivity contribution in [2.24, 2.45) is 0 Å². The molecular weight excluding hydrogens is 312 g/mol. The van der Waals surface area contributed by atoms with Crippen LogP contribution in [-0.4, -0.2) is 51.7 Å². The number of rotatable bonds is 5. The first-order valence-corrected chi connectivity index (χ1v) is 9.52. The molecule has 0 atom stereocenters. The van der Waals surface area contributed by atoms with Crippen LogP contribution in [0.5, 0.6) is 0 Å². The fraction of sp³-hybridized carbons (Fsp3) is 0.647. The Labute approximate surface area is 140 Å². The van der Waals surface area contributed by atoms with Gasteiger partial charge in [-0.1, -0.05) is 17.7 Å². The van der Waals surface area contributed by atoms with Crippen molar-refractivity contribution in [3.05, 3.63) is 28.8 Å². The van der Waals surface area contributed by atoms with Crippen molar-refractivity contribution in [2.75, 3.05) is 32.8 Å². The van der Waals surface area contributed by atoms with Crippen LogP contribution in [-0.2, 0) is 14.8 Å². The first kappa shape index (κ1) is 18.4. The molecule has 0 radical (unpaired) electrons. The van der Waals surface area contributed by atoms with Crippen LogP contribution in [0.3, 0.4) is 0 Å². The van der Waals surface area contributed by atoms with Crippen molar-refractivity contribution in [1.82, 2.24) is 9.62 Å². The molecule has 1 N–H and O–H groups in total. The summed E-state index contributed by atoms with van der Waals surface area (Å²) in [6.45, 7) is 13.2. The molecule has 5 nitrogen and oxygen atoms in total. The van der Waals surface area contributed by atoms with Gasteiger partial charge in [0.15, 0.2) is 0 Å². The quantitative estimate of drug-likeness (QED) is 0.891. The van der Waals surface area contributed by atoms with E-state index >= 15 is 0 Å². The molecule has 0 aliphatic carbocycles. The van der Waals surface area contributed by atoms with Gasteiger partial charge in [-0.2, -0.15) is 0 Å². The number of nitrogens with zero attached hydrogens (tertiary/aromatic N) is 1. The van der Waals surface area contributed by atoms with Crippen LogP contribution in [0.15, 0.2) is 17.0 Å². The molecule has 1 aliphatic heterocycles. The number of benzene rings is 1. The highest BCUT2D eigenvalue weighted by Gasteiger charge is 2.30. The fourth-order valence-electron chi connectivity index (χ4n) is 3.21. The molecule has 1 saturated heterocycles. The molecule has 0 saturated carbocycles. The van der Waals surface area contributed by atoms with Gasteiger partial charge in [-0.25, -0.2) is 13.1 Å². The Morgan fingerprint density at radius 2 is 1.65 bits per heavy atom. The lowest BCUT2D eigenvalue weighted by Crippen LogP contribution is -2.55. The Morgan fingerprint density at radius 1 is 1.13 bits per heavy atom. The first-order chi connectivity index (χ1) is 10.6. The molecule has 6 heteroatoms. The molecule has 23 heavy (non-hydrogen) atoms. The third kappa shape index (κ3) is 4.32. The van der Waals surface area contributed by atoms with Gasteiger partial charge in [0.2, 0.25) is 10.0 Å². The van der Waals surface area contributed by atoms with Crippen molar-refractivity contribution in [1.29, 1.82) is 0 Å². The van der Waals surface area contributed by atoms with Crippen LogP contribution < -0.4 is 4.72 Å². The van der Waals surface area contributed by atoms with Crippen molar-refractivity contribution in [2.45, 2.75) is 45.1 Å². The summed E-state index contributed by atoms with van der Waals surface area (Å²) < 4.78 is 33.7. The van der Waals surface area contributed by atoms with Gasteiger partial charge in [0.1, 0.15) is 0 Å². The van der Waals surface area contributed by atoms with E-state index in [2.05, 4.69) is 23.5 Å². The van der Waals surface area contributed by atoms with E-state index in [4.69, 9.17) is 4.74 Å². The van der Waals surface area contributed by atoms with E-state index in [0.29, 0.717) is 24.7 Å². The Hall–Kier alpha value is -0.950. The maximum Gasteiger partial charge on any atom is 0.241 e. The van der Waals surface area contributed by atoms with E-state index in [1.165, 1.54) is 0 Å². The summed E-state index contributed by atoms with van der Waals surface area (Å²) in [5.74, 6) is 0. The van der Waals surface area contributed by atoms with Crippen LogP contribution in [0.1, 0.15) is 30.5 Å². The minimum Gasteiger partial charge on any atom is -0.379 e. The smallest absolute Gasteiger partial charge is 0.241 e. The SMILES string of the molecule is Cc1cc(C)c(S(=O)(=O)NCC(C)(C)N2CCOCC2)c(C)c1. The van der Waals surface area contributed by atoms with E-state index in [1.54, 1.807) is 0 Å². The lowest BCUT2D eigenvalue weighted by molar-refractivity contribution is -0.00803. The zero-order valence-corrected chi connectivity index (χ0v) is 15.6. The third-order valence-electron chi connectivity index (χ3n) is 4.44. The minimum absolute atomic E-state index is 0.247. The van der Waals surface area contributed by atoms with Gasteiger partial charge in [-0.3, -0.25) is 4.90 Å². The maximum absolute atomic E-state index is 12.8. The number of ether oxygens (including phenoxy) is 1. The fourth-order valence-corrected chi connectivity index (χ4v) is 4.87. The predicted octanol–water partition coefficient (Wildman–Crippen LogP) is 2.00. The van der Waals surface area contributed by atoms with Crippen LogP contribution in [0, 0.1) is 20.8 Å². The van der Waals surface area contributed by atoms with Gasteiger partial charge in [0.05, 0.1) is 18.1 Å². The Morgan fingerprint density at radius 3 is 2.17 bits per heavy atom. The van der Waals surface area contributed by atoms with Crippen LogP contribution in [0.2, 0.25) is 0 Å². The summed E-state index contributed by atoms with van der Waals surface area (Å²) >= 11 is 0. The molecule has 0 spiro atoms. The molecule has 0 aromatic heterocycles. The summed E-state index contributed by atoms with van der Waals surface area (Å²) in [4.78, 5) is 2.68. The highest BCUT2D eigenvalue weighted by molar-refractivity contribution is 7.89. The number of hydrogen-bond donors (Lipinski definition) is 1. The van der Waals surface area contributed by atoms with E-state index in [9.17, 15) is 8.42 Å². The first-order valence-electron chi connectivity index (χ1n) is 8.04. The summed E-state index contributed by atoms with van der Waals surface area (Å²) in [5, 5.41) is 0. The molecule has 0 unspecified atom stereocenters. The average molecular weight is 340 g/mol. The zero-order chi connectivity index (χ0) is 17.3. The van der Waals surface area contributed by atoms with Gasteiger partial charge in [-0.15, -0.1) is 0 Å². The summed E-state index contributed by atoms with van der Waals surface area (Å²) in [5.41, 5.74) is 2.41. The standard InChI is InChI=1S/C17H28N2O3S/c1-13-10-14(2)16(15(3)11-13)23(20,21)18-12-17(4,5)19-6-8-22-9-7-19/h10-11,18H,6-9,12H2,1-5H3. The van der Waals surface area contributed by atoms with Crippen molar-refractivity contribution >= 4 is 10.0 Å². The largest absolute Gasteiger partial charge is 0.379 e. The number of sulfonamides is 1. The molecule has 0 amide bonds. The summed E-state index contributed by atoms with van der Waals surface area (Å²) in [6.07, 6.45) is 0. The molecule has 1 aromatic carbocycles. The van der Waals surface area contributed by atoms with Gasteiger partial charge in [0.25, 0.3) is 0 Å². The molecule has 1 fully saturated rings. The molecule has 0 bridgehead atoms. The Bertz CT molecular complexity index is 639. The van der Waals surface area contributed by atoms with Crippen LogP contribution >= 0.6 is 0 Å². The number of morpholine rings is 1. The van der Waals surface area contributed by atoms with Crippen LogP contribution in [0.4, 0.5) is 0 Å². The molecule has 2 rings (SSSR count). The van der Waals surface area contributed by atoms with Crippen molar-refractivity contribution in [3.63, 3.8) is 0 Å².